The van der Waals surface area contributed by atoms with E-state index < -0.39 is 65.5 Å². The molecule has 2 aliphatic rings. The maximum atomic E-state index is 13.9. The third kappa shape index (κ3) is 11.9. The lowest BCUT2D eigenvalue weighted by Crippen LogP contribution is -2.58. The summed E-state index contributed by atoms with van der Waals surface area (Å²) >= 11 is 0. The van der Waals surface area contributed by atoms with E-state index in [1.54, 1.807) is 42.5 Å². The molecule has 6 amide bonds. The topological polar surface area (TPSA) is 268 Å². The number of hydrogen-bond acceptors (Lipinski definition) is 9. The lowest BCUT2D eigenvalue weighted by molar-refractivity contribution is -0.143. The fourth-order valence-electron chi connectivity index (χ4n) is 6.09. The van der Waals surface area contributed by atoms with Gasteiger partial charge in [-0.25, -0.2) is 0 Å². The lowest BCUT2D eigenvalue weighted by Gasteiger charge is -2.29. The lowest BCUT2D eigenvalue weighted by atomic mass is 10.0. The summed E-state index contributed by atoms with van der Waals surface area (Å²) in [6.45, 7) is -0.0548. The van der Waals surface area contributed by atoms with Crippen LogP contribution in [0.2, 0.25) is 0 Å². The first-order valence-electron chi connectivity index (χ1n) is 17.2. The van der Waals surface area contributed by atoms with Crippen LogP contribution in [0.1, 0.15) is 36.8 Å². The number of fused-ring (bicyclic) bond motifs is 1. The first-order valence-corrected chi connectivity index (χ1v) is 17.2. The zero-order valence-corrected chi connectivity index (χ0v) is 29.0. The van der Waals surface area contributed by atoms with Crippen molar-refractivity contribution in [1.82, 2.24) is 31.5 Å². The fourth-order valence-corrected chi connectivity index (χ4v) is 6.09. The highest BCUT2D eigenvalue weighted by atomic mass is 16.3. The van der Waals surface area contributed by atoms with Crippen LogP contribution < -0.4 is 38.1 Å². The molecule has 53 heavy (non-hydrogen) atoms. The number of nitrogens with two attached hydrogens (primary N) is 2. The van der Waals surface area contributed by atoms with Gasteiger partial charge >= 0.3 is 0 Å². The Morgan fingerprint density at radius 3 is 2.32 bits per heavy atom. The zero-order valence-electron chi connectivity index (χ0n) is 29.0. The Morgan fingerprint density at radius 2 is 1.62 bits per heavy atom. The molecular formula is C36H45N9O8. The Hall–Kier alpha value is -6.26. The molecule has 17 heteroatoms. The minimum Gasteiger partial charge on any atom is -0.508 e. The predicted octanol–water partition coefficient (Wildman–Crippen LogP) is -1.95. The number of guanidine groups is 1. The van der Waals surface area contributed by atoms with E-state index >= 15 is 0 Å². The summed E-state index contributed by atoms with van der Waals surface area (Å²) in [4.78, 5) is 98.2. The Kier molecular flexibility index (Phi) is 14.4. The molecule has 0 bridgehead atoms. The number of nitrogens with zero attached hydrogens (tertiary/aromatic N) is 2. The molecule has 2 aromatic carbocycles. The third-order valence-corrected chi connectivity index (χ3v) is 8.79. The summed E-state index contributed by atoms with van der Waals surface area (Å²) in [7, 11) is 0. The summed E-state index contributed by atoms with van der Waals surface area (Å²) in [6, 6.07) is 9.29. The molecule has 17 nitrogen and oxygen atoms in total. The summed E-state index contributed by atoms with van der Waals surface area (Å²) in [5.74, 6) is -4.95. The predicted molar refractivity (Wildman–Crippen MR) is 193 cm³/mol. The maximum Gasteiger partial charge on any atom is 0.290 e. The molecule has 1 fully saturated rings. The molecule has 0 saturated carbocycles. The number of nitrogens with one attached hydrogen (secondary N) is 5. The minimum absolute atomic E-state index is 0.00634. The molecule has 2 heterocycles. The molecule has 0 aliphatic carbocycles. The van der Waals surface area contributed by atoms with E-state index in [4.69, 9.17) is 11.5 Å². The molecule has 10 N–H and O–H groups in total. The maximum absolute atomic E-state index is 13.9. The van der Waals surface area contributed by atoms with Gasteiger partial charge in [0.25, 0.3) is 5.91 Å². The second kappa shape index (κ2) is 19.4. The molecule has 0 aromatic heterocycles. The van der Waals surface area contributed by atoms with Gasteiger partial charge in [-0.3, -0.25) is 38.6 Å². The number of benzene rings is 2. The number of phenolic OH excluding ortho intramolecular Hbond substituents is 1. The minimum atomic E-state index is -1.37. The molecule has 2 aromatic rings. The first kappa shape index (κ1) is 39.5. The number of aromatic hydroxyl groups is 1. The van der Waals surface area contributed by atoms with Crippen LogP contribution in [0, 0.1) is 0 Å². The van der Waals surface area contributed by atoms with Crippen molar-refractivity contribution in [3.63, 3.8) is 0 Å². The van der Waals surface area contributed by atoms with Crippen molar-refractivity contribution in [2.24, 2.45) is 16.5 Å². The van der Waals surface area contributed by atoms with Crippen LogP contribution in [0.3, 0.4) is 0 Å². The van der Waals surface area contributed by atoms with Gasteiger partial charge in [-0.2, -0.15) is 0 Å². The highest BCUT2D eigenvalue weighted by Crippen LogP contribution is 2.20. The summed E-state index contributed by atoms with van der Waals surface area (Å²) in [5, 5.41) is 22.7. The smallest absolute Gasteiger partial charge is 0.290 e. The molecule has 0 radical (unpaired) electrons. The summed E-state index contributed by atoms with van der Waals surface area (Å²) in [6.07, 6.45) is 3.88. The number of phenols is 1. The van der Waals surface area contributed by atoms with E-state index in [1.807, 2.05) is 0 Å². The number of carbonyl (C=O) groups is 7. The monoisotopic (exact) mass is 731 g/mol. The van der Waals surface area contributed by atoms with Crippen molar-refractivity contribution in [3.05, 3.63) is 77.9 Å². The number of amides is 6. The van der Waals surface area contributed by atoms with Crippen LogP contribution in [0.4, 0.5) is 0 Å². The van der Waals surface area contributed by atoms with Crippen LogP contribution in [-0.2, 0) is 46.4 Å². The summed E-state index contributed by atoms with van der Waals surface area (Å²) < 4.78 is 0. The highest BCUT2D eigenvalue weighted by molar-refractivity contribution is 6.38. The number of carbonyl (C=O) groups excluding carboxylic acids is 7. The first-order chi connectivity index (χ1) is 25.4. The van der Waals surface area contributed by atoms with Gasteiger partial charge in [-0.1, -0.05) is 48.5 Å². The van der Waals surface area contributed by atoms with Gasteiger partial charge < -0.3 is 48.1 Å². The van der Waals surface area contributed by atoms with Gasteiger partial charge in [0.2, 0.25) is 35.8 Å². The van der Waals surface area contributed by atoms with Gasteiger partial charge in [-0.05, 0) is 55.4 Å². The molecule has 2 aliphatic heterocycles. The van der Waals surface area contributed by atoms with E-state index in [2.05, 4.69) is 31.6 Å². The van der Waals surface area contributed by atoms with E-state index in [9.17, 15) is 38.7 Å². The number of ketones is 1. The third-order valence-electron chi connectivity index (χ3n) is 8.79. The number of aliphatic imine (C=N–C) groups is 1. The van der Waals surface area contributed by atoms with E-state index in [0.717, 1.165) is 6.08 Å². The van der Waals surface area contributed by atoms with Crippen molar-refractivity contribution in [2.75, 3.05) is 19.6 Å². The van der Waals surface area contributed by atoms with Crippen LogP contribution in [0.5, 0.6) is 5.75 Å². The van der Waals surface area contributed by atoms with Crippen molar-refractivity contribution in [1.29, 1.82) is 0 Å². The van der Waals surface area contributed by atoms with Gasteiger partial charge in [0.05, 0.1) is 12.1 Å². The van der Waals surface area contributed by atoms with Gasteiger partial charge in [-0.15, -0.1) is 0 Å². The van der Waals surface area contributed by atoms with Crippen molar-refractivity contribution < 1.29 is 38.7 Å². The average Bonchev–Trinajstić information content (AvgIpc) is 3.64. The van der Waals surface area contributed by atoms with Crippen molar-refractivity contribution >= 4 is 47.7 Å². The molecule has 0 spiro atoms. The molecule has 282 valence electrons. The van der Waals surface area contributed by atoms with Gasteiger partial charge in [0, 0.05) is 32.1 Å². The van der Waals surface area contributed by atoms with E-state index in [-0.39, 0.29) is 63.4 Å². The SMILES string of the molecule is NC(N)=NCCC[C@@H]1NC(=O)[C@@H]2CCCN2C(=O)[C@@H](NC=O)CNC(=O)C=C[C@H](Cc2ccc(O)cc2)NC(=O)[C@@H](Cc2ccccc2)NC(=O)C1=O. The average molecular weight is 732 g/mol. The fraction of sp³-hybridized carbons (Fsp3) is 0.389. The Balaban J connectivity index is 1.71. The van der Waals surface area contributed by atoms with E-state index in [1.165, 1.54) is 23.1 Å². The van der Waals surface area contributed by atoms with Gasteiger partial charge in [0.1, 0.15) is 23.9 Å². The summed E-state index contributed by atoms with van der Waals surface area (Å²) in [5.41, 5.74) is 12.2. The van der Waals surface area contributed by atoms with Crippen LogP contribution in [-0.4, -0.2) is 108 Å². The second-order valence-electron chi connectivity index (χ2n) is 12.7. The number of Topliss-reactive ketones (excluding diaryl/α,β-unsaturated/α-hetero) is 1. The van der Waals surface area contributed by atoms with Crippen LogP contribution in [0.25, 0.3) is 0 Å². The number of hydrogen-bond donors (Lipinski definition) is 8. The number of rotatable bonds is 10. The van der Waals surface area contributed by atoms with Crippen molar-refractivity contribution in [3.8, 4) is 5.75 Å². The van der Waals surface area contributed by atoms with Crippen LogP contribution in [0.15, 0.2) is 71.7 Å². The standard InChI is InChI=1S/C36H45N9O8/c37-36(38)39-16-4-8-26-31(49)34(52)44-27(19-22-6-2-1-3-7-22)32(50)42-24(18-23-10-13-25(47)14-11-23)12-15-30(48)40-20-28(41-21-46)35(53)45-17-5-9-29(45)33(51)43-26/h1-3,6-7,10-15,21,24,26-29,47H,4-5,8-9,16-20H2,(H,40,48)(H,41,46)(H,42,50)(H,43,51)(H,44,52)(H4,37,38,39)/t24-,26+,27-,28+,29+/m1/s1. The Morgan fingerprint density at radius 1 is 0.906 bits per heavy atom. The molecular weight excluding hydrogens is 686 g/mol. The van der Waals surface area contributed by atoms with Crippen molar-refractivity contribution in [2.45, 2.75) is 68.7 Å². The Labute approximate surface area is 306 Å². The van der Waals surface area contributed by atoms with E-state index in [0.29, 0.717) is 24.0 Å². The van der Waals surface area contributed by atoms with Crippen LogP contribution >= 0.6 is 0 Å². The quantitative estimate of drug-likeness (QED) is 0.0440. The Bertz CT molecular complexity index is 1700. The highest BCUT2D eigenvalue weighted by Gasteiger charge is 2.39. The normalized spacial score (nSPS) is 23.2. The van der Waals surface area contributed by atoms with Gasteiger partial charge in [0.15, 0.2) is 5.96 Å². The molecule has 4 rings (SSSR count). The molecule has 1 saturated heterocycles. The molecule has 5 atom stereocenters. The molecule has 0 unspecified atom stereocenters. The second-order valence-corrected chi connectivity index (χ2v) is 12.7. The zero-order chi connectivity index (χ0) is 38.3. The largest absolute Gasteiger partial charge is 0.508 e.